The Morgan fingerprint density at radius 2 is 1.73 bits per heavy atom. The molecule has 0 aliphatic carbocycles. The molecule has 2 nitrogen and oxygen atoms in total. The largest absolute Gasteiger partial charge is 0.462 e. The minimum Gasteiger partial charge on any atom is -0.462 e. The van der Waals surface area contributed by atoms with Crippen molar-refractivity contribution in [2.75, 3.05) is 6.61 Å². The molecule has 0 saturated carbocycles. The highest BCUT2D eigenvalue weighted by Crippen LogP contribution is 2.06. The van der Waals surface area contributed by atoms with E-state index in [9.17, 15) is 4.79 Å². The molecule has 0 spiro atoms. The fourth-order valence-electron chi connectivity index (χ4n) is 1.39. The van der Waals surface area contributed by atoms with E-state index in [0.29, 0.717) is 6.61 Å². The first kappa shape index (κ1) is 14.2. The molecule has 2 heteroatoms. The van der Waals surface area contributed by atoms with E-state index in [0.717, 1.165) is 6.42 Å². The molecule has 0 amide bonds. The van der Waals surface area contributed by atoms with Gasteiger partial charge in [0.05, 0.1) is 0 Å². The number of carbonyl (C=O) groups is 1. The third-order valence-corrected chi connectivity index (χ3v) is 2.27. The lowest BCUT2D eigenvalue weighted by Gasteiger charge is -1.98. The van der Waals surface area contributed by atoms with Gasteiger partial charge in [-0.3, -0.25) is 4.79 Å². The van der Waals surface area contributed by atoms with Gasteiger partial charge < -0.3 is 4.74 Å². The van der Waals surface area contributed by atoms with Crippen molar-refractivity contribution in [2.24, 2.45) is 0 Å². The summed E-state index contributed by atoms with van der Waals surface area (Å²) in [5.41, 5.74) is 0. The molecular formula is C13H24O2. The van der Waals surface area contributed by atoms with Gasteiger partial charge in [0.2, 0.25) is 0 Å². The van der Waals surface area contributed by atoms with Crippen molar-refractivity contribution in [3.8, 4) is 0 Å². The van der Waals surface area contributed by atoms with Gasteiger partial charge in [0.1, 0.15) is 6.61 Å². The molecule has 0 aliphatic rings. The lowest BCUT2D eigenvalue weighted by Crippen LogP contribution is -1.97. The standard InChI is InChI=1S/C13H24O2/c1-3-4-5-6-7-8-9-10-11-12-15-13(2)14/h10-11H,3-9,12H2,1-2H3/b11-10-. The van der Waals surface area contributed by atoms with Gasteiger partial charge in [-0.25, -0.2) is 0 Å². The van der Waals surface area contributed by atoms with Gasteiger partial charge in [0, 0.05) is 6.92 Å². The number of allylic oxidation sites excluding steroid dienone is 1. The second kappa shape index (κ2) is 11.3. The van der Waals surface area contributed by atoms with Crippen LogP contribution in [0.5, 0.6) is 0 Å². The average Bonchev–Trinajstić information content (AvgIpc) is 2.20. The monoisotopic (exact) mass is 212 g/mol. The van der Waals surface area contributed by atoms with Crippen LogP contribution in [-0.4, -0.2) is 12.6 Å². The molecule has 0 N–H and O–H groups in total. The maximum Gasteiger partial charge on any atom is 0.302 e. The minimum atomic E-state index is -0.209. The Bertz CT molecular complexity index is 173. The van der Waals surface area contributed by atoms with Crippen LogP contribution in [-0.2, 0) is 9.53 Å². The Kier molecular flexibility index (Phi) is 10.7. The molecule has 0 aromatic heterocycles. The summed E-state index contributed by atoms with van der Waals surface area (Å²) in [4.78, 5) is 10.4. The van der Waals surface area contributed by atoms with Crippen molar-refractivity contribution in [3.63, 3.8) is 0 Å². The van der Waals surface area contributed by atoms with E-state index < -0.39 is 0 Å². The van der Waals surface area contributed by atoms with Crippen molar-refractivity contribution < 1.29 is 9.53 Å². The van der Waals surface area contributed by atoms with E-state index in [-0.39, 0.29) is 5.97 Å². The first-order valence-corrected chi connectivity index (χ1v) is 6.05. The van der Waals surface area contributed by atoms with Gasteiger partial charge in [0.25, 0.3) is 0 Å². The summed E-state index contributed by atoms with van der Waals surface area (Å²) in [6.45, 7) is 4.09. The molecule has 0 unspecified atom stereocenters. The summed E-state index contributed by atoms with van der Waals surface area (Å²) in [6.07, 6.45) is 13.1. The van der Waals surface area contributed by atoms with Gasteiger partial charge in [-0.2, -0.15) is 0 Å². The third kappa shape index (κ3) is 13.2. The zero-order valence-corrected chi connectivity index (χ0v) is 10.1. The molecule has 88 valence electrons. The van der Waals surface area contributed by atoms with E-state index in [2.05, 4.69) is 13.0 Å². The average molecular weight is 212 g/mol. The van der Waals surface area contributed by atoms with Gasteiger partial charge in [0.15, 0.2) is 0 Å². The molecule has 0 aromatic carbocycles. The molecule has 0 heterocycles. The van der Waals surface area contributed by atoms with E-state index in [4.69, 9.17) is 4.74 Å². The van der Waals surface area contributed by atoms with Crippen LogP contribution < -0.4 is 0 Å². The van der Waals surface area contributed by atoms with Crippen molar-refractivity contribution in [2.45, 2.75) is 58.8 Å². The molecule has 0 rings (SSSR count). The van der Waals surface area contributed by atoms with E-state index in [1.807, 2.05) is 6.08 Å². The molecule has 0 atom stereocenters. The first-order valence-electron chi connectivity index (χ1n) is 6.05. The fraction of sp³-hybridized carbons (Fsp3) is 0.769. The van der Waals surface area contributed by atoms with Gasteiger partial charge >= 0.3 is 5.97 Å². The Labute approximate surface area is 93.7 Å². The van der Waals surface area contributed by atoms with Crippen molar-refractivity contribution in [3.05, 3.63) is 12.2 Å². The Morgan fingerprint density at radius 1 is 1.07 bits per heavy atom. The van der Waals surface area contributed by atoms with Crippen LogP contribution in [0.1, 0.15) is 58.8 Å². The maximum atomic E-state index is 10.4. The maximum absolute atomic E-state index is 10.4. The number of esters is 1. The highest BCUT2D eigenvalue weighted by atomic mass is 16.5. The summed E-state index contributed by atoms with van der Waals surface area (Å²) >= 11 is 0. The van der Waals surface area contributed by atoms with Crippen molar-refractivity contribution in [1.82, 2.24) is 0 Å². The number of carbonyl (C=O) groups excluding carboxylic acids is 1. The zero-order valence-electron chi connectivity index (χ0n) is 10.1. The molecule has 0 radical (unpaired) electrons. The summed E-state index contributed by atoms with van der Waals surface area (Å²) < 4.78 is 4.78. The first-order chi connectivity index (χ1) is 7.27. The quantitative estimate of drug-likeness (QED) is 0.329. The molecule has 15 heavy (non-hydrogen) atoms. The number of rotatable bonds is 9. The van der Waals surface area contributed by atoms with E-state index in [1.165, 1.54) is 45.4 Å². The topological polar surface area (TPSA) is 26.3 Å². The second-order valence-electron chi connectivity index (χ2n) is 3.83. The van der Waals surface area contributed by atoms with Crippen LogP contribution in [0, 0.1) is 0 Å². The number of unbranched alkanes of at least 4 members (excludes halogenated alkanes) is 6. The number of hydrogen-bond acceptors (Lipinski definition) is 2. The minimum absolute atomic E-state index is 0.209. The predicted molar refractivity (Wildman–Crippen MR) is 63.8 cm³/mol. The third-order valence-electron chi connectivity index (χ3n) is 2.27. The Hall–Kier alpha value is -0.790. The van der Waals surface area contributed by atoms with Crippen LogP contribution >= 0.6 is 0 Å². The number of ether oxygens (including phenoxy) is 1. The summed E-state index contributed by atoms with van der Waals surface area (Å²) in [5, 5.41) is 0. The van der Waals surface area contributed by atoms with E-state index in [1.54, 1.807) is 0 Å². The van der Waals surface area contributed by atoms with Crippen LogP contribution in [0.3, 0.4) is 0 Å². The predicted octanol–water partition coefficient (Wildman–Crippen LogP) is 3.86. The van der Waals surface area contributed by atoms with Crippen LogP contribution in [0.25, 0.3) is 0 Å². The molecule has 0 bridgehead atoms. The normalized spacial score (nSPS) is 10.8. The van der Waals surface area contributed by atoms with Gasteiger partial charge in [-0.05, 0) is 12.8 Å². The molecule has 0 aromatic rings. The SMILES string of the molecule is CCCCCCCC/C=C\COC(C)=O. The zero-order chi connectivity index (χ0) is 11.4. The van der Waals surface area contributed by atoms with Crippen LogP contribution in [0.15, 0.2) is 12.2 Å². The van der Waals surface area contributed by atoms with Crippen LogP contribution in [0.4, 0.5) is 0 Å². The second-order valence-corrected chi connectivity index (χ2v) is 3.83. The Balaban J connectivity index is 3.06. The fourth-order valence-corrected chi connectivity index (χ4v) is 1.39. The van der Waals surface area contributed by atoms with Gasteiger partial charge in [-0.15, -0.1) is 0 Å². The van der Waals surface area contributed by atoms with Gasteiger partial charge in [-0.1, -0.05) is 51.2 Å². The Morgan fingerprint density at radius 3 is 2.40 bits per heavy atom. The summed E-state index contributed by atoms with van der Waals surface area (Å²) in [5.74, 6) is -0.209. The highest BCUT2D eigenvalue weighted by Gasteiger charge is 1.89. The number of hydrogen-bond donors (Lipinski definition) is 0. The van der Waals surface area contributed by atoms with Crippen molar-refractivity contribution >= 4 is 5.97 Å². The summed E-state index contributed by atoms with van der Waals surface area (Å²) in [7, 11) is 0. The molecule has 0 aliphatic heterocycles. The lowest BCUT2D eigenvalue weighted by atomic mass is 10.1. The molecule has 0 fully saturated rings. The lowest BCUT2D eigenvalue weighted by molar-refractivity contribution is -0.139. The van der Waals surface area contributed by atoms with Crippen molar-refractivity contribution in [1.29, 1.82) is 0 Å². The molecular weight excluding hydrogens is 188 g/mol. The smallest absolute Gasteiger partial charge is 0.302 e. The molecule has 0 saturated heterocycles. The summed E-state index contributed by atoms with van der Waals surface area (Å²) in [6, 6.07) is 0. The van der Waals surface area contributed by atoms with E-state index >= 15 is 0 Å². The van der Waals surface area contributed by atoms with Crippen LogP contribution in [0.2, 0.25) is 0 Å². The highest BCUT2D eigenvalue weighted by molar-refractivity contribution is 5.65.